The number of Topliss-reactive ketones (excluding diaryl/α,β-unsaturated/α-hetero) is 1. The zero-order valence-electron chi connectivity index (χ0n) is 10.4. The maximum Gasteiger partial charge on any atom is 0.194 e. The molecule has 1 atom stereocenters. The fourth-order valence-electron chi connectivity index (χ4n) is 1.79. The van der Waals surface area contributed by atoms with E-state index in [4.69, 9.17) is 27.9 Å². The van der Waals surface area contributed by atoms with Crippen molar-refractivity contribution in [1.82, 2.24) is 0 Å². The lowest BCUT2D eigenvalue weighted by molar-refractivity contribution is 0.0981. The van der Waals surface area contributed by atoms with Gasteiger partial charge in [0.25, 0.3) is 0 Å². The summed E-state index contributed by atoms with van der Waals surface area (Å²) in [6.45, 7) is 0. The fraction of sp³-hybridized carbons (Fsp3) is 0.143. The Labute approximate surface area is 130 Å². The second kappa shape index (κ2) is 6.27. The van der Waals surface area contributed by atoms with Crippen molar-refractivity contribution in [3.05, 3.63) is 50.1 Å². The molecule has 0 saturated heterocycles. The highest BCUT2D eigenvalue weighted by molar-refractivity contribution is 7.18. The predicted octanol–water partition coefficient (Wildman–Crippen LogP) is 4.55. The van der Waals surface area contributed by atoms with E-state index in [2.05, 4.69) is 0 Å². The molecule has 0 N–H and O–H groups in total. The van der Waals surface area contributed by atoms with Crippen molar-refractivity contribution in [2.75, 3.05) is 7.11 Å². The van der Waals surface area contributed by atoms with Gasteiger partial charge in [-0.2, -0.15) is 5.26 Å². The zero-order chi connectivity index (χ0) is 14.7. The van der Waals surface area contributed by atoms with Gasteiger partial charge in [-0.05, 0) is 30.3 Å². The van der Waals surface area contributed by atoms with E-state index in [0.717, 1.165) is 11.3 Å². The van der Waals surface area contributed by atoms with Crippen molar-refractivity contribution in [3.8, 4) is 11.8 Å². The average Bonchev–Trinajstić information content (AvgIpc) is 2.86. The van der Waals surface area contributed by atoms with Crippen LogP contribution in [0.1, 0.15) is 21.2 Å². The van der Waals surface area contributed by atoms with Crippen molar-refractivity contribution < 1.29 is 9.53 Å². The molecule has 0 spiro atoms. The number of nitrogens with zero attached hydrogens (tertiary/aromatic N) is 1. The largest absolute Gasteiger partial charge is 0.496 e. The lowest BCUT2D eigenvalue weighted by Crippen LogP contribution is -2.11. The Bertz CT molecular complexity index is 691. The highest BCUT2D eigenvalue weighted by Crippen LogP contribution is 2.33. The minimum absolute atomic E-state index is 0.315. The molecular formula is C14H9Cl2NO2S. The number of carbonyl (C=O) groups excluding carboxylic acids is 1. The molecule has 20 heavy (non-hydrogen) atoms. The third kappa shape index (κ3) is 2.96. The Morgan fingerprint density at radius 1 is 1.35 bits per heavy atom. The van der Waals surface area contributed by atoms with Crippen LogP contribution in [0.5, 0.6) is 5.75 Å². The number of ether oxygens (including phenoxy) is 1. The molecule has 0 aliphatic heterocycles. The van der Waals surface area contributed by atoms with Gasteiger partial charge in [0.2, 0.25) is 0 Å². The second-order valence-corrected chi connectivity index (χ2v) is 6.07. The first-order valence-corrected chi connectivity index (χ1v) is 7.16. The van der Waals surface area contributed by atoms with Crippen molar-refractivity contribution in [1.29, 1.82) is 5.26 Å². The van der Waals surface area contributed by atoms with Crippen LogP contribution in [0.25, 0.3) is 0 Å². The van der Waals surface area contributed by atoms with Crippen LogP contribution in [0.3, 0.4) is 0 Å². The number of hydrogen-bond acceptors (Lipinski definition) is 4. The summed E-state index contributed by atoms with van der Waals surface area (Å²) in [5.74, 6) is -0.833. The number of ketones is 1. The highest BCUT2D eigenvalue weighted by Gasteiger charge is 2.26. The number of rotatable bonds is 4. The van der Waals surface area contributed by atoms with Gasteiger partial charge in [-0.25, -0.2) is 0 Å². The topological polar surface area (TPSA) is 50.1 Å². The minimum Gasteiger partial charge on any atom is -0.496 e. The van der Waals surface area contributed by atoms with E-state index in [1.54, 1.807) is 30.3 Å². The van der Waals surface area contributed by atoms with Gasteiger partial charge in [0.15, 0.2) is 5.78 Å². The van der Waals surface area contributed by atoms with Crippen LogP contribution in [0.2, 0.25) is 9.36 Å². The summed E-state index contributed by atoms with van der Waals surface area (Å²) in [5.41, 5.74) is 0.456. The monoisotopic (exact) mass is 325 g/mol. The molecule has 0 aliphatic carbocycles. The lowest BCUT2D eigenvalue weighted by atomic mass is 9.94. The molecule has 0 fully saturated rings. The Hall–Kier alpha value is -1.54. The molecule has 0 amide bonds. The average molecular weight is 326 g/mol. The van der Waals surface area contributed by atoms with Crippen LogP contribution in [-0.2, 0) is 0 Å². The van der Waals surface area contributed by atoms with Crippen LogP contribution in [0.15, 0.2) is 30.3 Å². The number of methoxy groups -OCH3 is 1. The number of halogens is 2. The highest BCUT2D eigenvalue weighted by atomic mass is 35.5. The third-order valence-electron chi connectivity index (χ3n) is 2.71. The van der Waals surface area contributed by atoms with Gasteiger partial charge in [0.05, 0.1) is 22.4 Å². The van der Waals surface area contributed by atoms with Crippen molar-refractivity contribution in [2.45, 2.75) is 5.92 Å². The Morgan fingerprint density at radius 3 is 2.65 bits per heavy atom. The molecule has 3 nitrogen and oxygen atoms in total. The van der Waals surface area contributed by atoms with Gasteiger partial charge in [0, 0.05) is 10.6 Å². The van der Waals surface area contributed by atoms with Crippen LogP contribution < -0.4 is 4.74 Å². The first-order valence-electron chi connectivity index (χ1n) is 5.59. The predicted molar refractivity (Wildman–Crippen MR) is 80.0 cm³/mol. The van der Waals surface area contributed by atoms with Crippen LogP contribution >= 0.6 is 34.5 Å². The molecule has 1 aromatic carbocycles. The van der Waals surface area contributed by atoms with E-state index in [-0.39, 0.29) is 5.78 Å². The number of benzene rings is 1. The molecule has 2 rings (SSSR count). The number of carbonyl (C=O) groups is 1. The smallest absolute Gasteiger partial charge is 0.194 e. The summed E-state index contributed by atoms with van der Waals surface area (Å²) < 4.78 is 5.69. The van der Waals surface area contributed by atoms with Crippen molar-refractivity contribution >= 4 is 40.3 Å². The van der Waals surface area contributed by atoms with Gasteiger partial charge < -0.3 is 4.74 Å². The van der Waals surface area contributed by atoms with Gasteiger partial charge >= 0.3 is 0 Å². The van der Waals surface area contributed by atoms with E-state index < -0.39 is 5.92 Å². The van der Waals surface area contributed by atoms with Gasteiger partial charge in [-0.15, -0.1) is 11.3 Å². The first kappa shape index (κ1) is 14.9. The molecular weight excluding hydrogens is 317 g/mol. The molecule has 102 valence electrons. The summed E-state index contributed by atoms with van der Waals surface area (Å²) in [6.07, 6.45) is 0. The SMILES string of the molecule is COc1ccc(Cl)cc1C(C#N)C(=O)c1ccc(Cl)s1. The molecule has 0 radical (unpaired) electrons. The van der Waals surface area contributed by atoms with E-state index in [1.165, 1.54) is 7.11 Å². The summed E-state index contributed by atoms with van der Waals surface area (Å²) in [6, 6.07) is 10.1. The normalized spacial score (nSPS) is 11.7. The maximum absolute atomic E-state index is 12.4. The van der Waals surface area contributed by atoms with Gasteiger partial charge in [-0.3, -0.25) is 4.79 Å². The van der Waals surface area contributed by atoms with Gasteiger partial charge in [0.1, 0.15) is 11.7 Å². The number of hydrogen-bond donors (Lipinski definition) is 0. The number of thiophene rings is 1. The molecule has 0 bridgehead atoms. The van der Waals surface area contributed by atoms with Crippen LogP contribution in [0, 0.1) is 11.3 Å². The summed E-state index contributed by atoms with van der Waals surface area (Å²) in [4.78, 5) is 12.8. The van der Waals surface area contributed by atoms with E-state index in [9.17, 15) is 10.1 Å². The van der Waals surface area contributed by atoms with Gasteiger partial charge in [-0.1, -0.05) is 23.2 Å². The quantitative estimate of drug-likeness (QED) is 0.774. The molecule has 0 aliphatic rings. The Kier molecular flexibility index (Phi) is 4.66. The summed E-state index contributed by atoms with van der Waals surface area (Å²) >= 11 is 12.9. The second-order valence-electron chi connectivity index (χ2n) is 3.92. The van der Waals surface area contributed by atoms with E-state index in [0.29, 0.717) is 25.5 Å². The third-order valence-corrected chi connectivity index (χ3v) is 4.19. The summed E-state index contributed by atoms with van der Waals surface area (Å²) in [7, 11) is 1.48. The van der Waals surface area contributed by atoms with Crippen molar-refractivity contribution in [3.63, 3.8) is 0 Å². The van der Waals surface area contributed by atoms with E-state index >= 15 is 0 Å². The zero-order valence-corrected chi connectivity index (χ0v) is 12.7. The Morgan fingerprint density at radius 2 is 2.10 bits per heavy atom. The molecule has 6 heteroatoms. The molecule has 1 heterocycles. The van der Waals surface area contributed by atoms with Crippen molar-refractivity contribution in [2.24, 2.45) is 0 Å². The molecule has 1 aromatic heterocycles. The molecule has 2 aromatic rings. The Balaban J connectivity index is 2.45. The lowest BCUT2D eigenvalue weighted by Gasteiger charge is -2.12. The van der Waals surface area contributed by atoms with E-state index in [1.807, 2.05) is 6.07 Å². The maximum atomic E-state index is 12.4. The van der Waals surface area contributed by atoms with Crippen LogP contribution in [0.4, 0.5) is 0 Å². The summed E-state index contributed by atoms with van der Waals surface area (Å²) in [5, 5.41) is 9.77. The number of nitriles is 1. The standard InChI is InChI=1S/C14H9Cl2NO2S/c1-19-11-3-2-8(15)6-9(11)10(7-17)14(18)12-4-5-13(16)20-12/h2-6,10H,1H3. The first-order chi connectivity index (χ1) is 9.56. The molecule has 1 unspecified atom stereocenters. The molecule has 0 saturated carbocycles. The minimum atomic E-state index is -0.974. The van der Waals surface area contributed by atoms with Crippen LogP contribution in [-0.4, -0.2) is 12.9 Å². The fourth-order valence-corrected chi connectivity index (χ4v) is 2.98.